The lowest BCUT2D eigenvalue weighted by Crippen LogP contribution is -2.61. The molecule has 114 valence electrons. The summed E-state index contributed by atoms with van der Waals surface area (Å²) in [7, 11) is 2.39. The highest BCUT2D eigenvalue weighted by molar-refractivity contribution is 5.87. The Labute approximate surface area is 126 Å². The Hall–Kier alpha value is -1.42. The lowest BCUT2D eigenvalue weighted by molar-refractivity contribution is -0.947. The zero-order valence-corrected chi connectivity index (χ0v) is 12.8. The summed E-state index contributed by atoms with van der Waals surface area (Å²) in [5.41, 5.74) is 0.411. The van der Waals surface area contributed by atoms with Crippen LogP contribution in [0.4, 0.5) is 0 Å². The standard InChI is InChI=1S/C17H25N2O2/c1-19-11-5-3-9-16(19)14(7-6-12-19)13-21-17(20)15-8-2-4-10-18-15/h2,4,8,10,14,16H,3,5-7,9,11-13H2,1H3/q+1. The lowest BCUT2D eigenvalue weighted by Gasteiger charge is -2.51. The highest BCUT2D eigenvalue weighted by atomic mass is 16.5. The van der Waals surface area contributed by atoms with E-state index >= 15 is 0 Å². The molecule has 0 spiro atoms. The minimum absolute atomic E-state index is 0.286. The molecule has 3 rings (SSSR count). The predicted octanol–water partition coefficient (Wildman–Crippen LogP) is 2.65. The Kier molecular flexibility index (Phi) is 4.24. The molecule has 3 heterocycles. The van der Waals surface area contributed by atoms with Crippen LogP contribution in [0.25, 0.3) is 0 Å². The lowest BCUT2D eigenvalue weighted by atomic mass is 9.82. The van der Waals surface area contributed by atoms with Gasteiger partial charge in [-0.2, -0.15) is 0 Å². The number of rotatable bonds is 3. The second kappa shape index (κ2) is 6.14. The fraction of sp³-hybridized carbons (Fsp3) is 0.647. The molecule has 3 unspecified atom stereocenters. The minimum atomic E-state index is -0.286. The molecule has 2 aliphatic rings. The molecule has 21 heavy (non-hydrogen) atoms. The molecular formula is C17H25N2O2+. The van der Waals surface area contributed by atoms with Crippen LogP contribution < -0.4 is 0 Å². The van der Waals surface area contributed by atoms with Gasteiger partial charge in [0.15, 0.2) is 0 Å². The molecule has 1 aromatic rings. The number of nitrogens with zero attached hydrogens (tertiary/aromatic N) is 2. The van der Waals surface area contributed by atoms with E-state index < -0.39 is 0 Å². The van der Waals surface area contributed by atoms with Gasteiger partial charge in [-0.05, 0) is 37.8 Å². The summed E-state index contributed by atoms with van der Waals surface area (Å²) in [5.74, 6) is 0.225. The zero-order valence-electron chi connectivity index (χ0n) is 12.8. The van der Waals surface area contributed by atoms with Crippen molar-refractivity contribution in [3.05, 3.63) is 30.1 Å². The molecule has 2 saturated heterocycles. The molecule has 0 aliphatic carbocycles. The van der Waals surface area contributed by atoms with Crippen LogP contribution in [0.15, 0.2) is 24.4 Å². The molecule has 0 aromatic carbocycles. The average molecular weight is 289 g/mol. The third kappa shape index (κ3) is 3.10. The van der Waals surface area contributed by atoms with E-state index in [1.807, 2.05) is 12.1 Å². The number of pyridine rings is 1. The molecule has 4 heteroatoms. The van der Waals surface area contributed by atoms with Crippen LogP contribution in [0.5, 0.6) is 0 Å². The molecule has 0 saturated carbocycles. The first-order chi connectivity index (χ1) is 10.2. The number of aromatic nitrogens is 1. The van der Waals surface area contributed by atoms with Crippen molar-refractivity contribution >= 4 is 5.97 Å². The molecule has 2 fully saturated rings. The van der Waals surface area contributed by atoms with Gasteiger partial charge in [-0.1, -0.05) is 6.07 Å². The molecule has 4 nitrogen and oxygen atoms in total. The van der Waals surface area contributed by atoms with Gasteiger partial charge in [0.1, 0.15) is 12.3 Å². The van der Waals surface area contributed by atoms with Gasteiger partial charge in [-0.3, -0.25) is 0 Å². The first-order valence-corrected chi connectivity index (χ1v) is 8.11. The van der Waals surface area contributed by atoms with Crippen molar-refractivity contribution in [2.75, 3.05) is 26.7 Å². The maximum absolute atomic E-state index is 12.0. The summed E-state index contributed by atoms with van der Waals surface area (Å²) in [4.78, 5) is 16.1. The number of carbonyl (C=O) groups is 1. The van der Waals surface area contributed by atoms with Crippen molar-refractivity contribution < 1.29 is 14.0 Å². The van der Waals surface area contributed by atoms with Gasteiger partial charge in [0.05, 0.1) is 26.2 Å². The number of hydrogen-bond acceptors (Lipinski definition) is 3. The number of fused-ring (bicyclic) bond motifs is 1. The molecule has 3 atom stereocenters. The van der Waals surface area contributed by atoms with Crippen LogP contribution in [0, 0.1) is 5.92 Å². The van der Waals surface area contributed by atoms with Crippen molar-refractivity contribution in [1.29, 1.82) is 0 Å². The first-order valence-electron chi connectivity index (χ1n) is 8.11. The minimum Gasteiger partial charge on any atom is -0.460 e. The van der Waals surface area contributed by atoms with E-state index in [9.17, 15) is 4.79 Å². The summed E-state index contributed by atoms with van der Waals surface area (Å²) < 4.78 is 6.74. The van der Waals surface area contributed by atoms with Gasteiger partial charge < -0.3 is 9.22 Å². The van der Waals surface area contributed by atoms with Crippen LogP contribution in [-0.4, -0.2) is 48.2 Å². The number of esters is 1. The van der Waals surface area contributed by atoms with Gasteiger partial charge in [0.2, 0.25) is 0 Å². The van der Waals surface area contributed by atoms with E-state index in [0.717, 1.165) is 0 Å². The van der Waals surface area contributed by atoms with Crippen molar-refractivity contribution in [2.24, 2.45) is 5.92 Å². The average Bonchev–Trinajstić information content (AvgIpc) is 2.52. The molecule has 2 aliphatic heterocycles. The summed E-state index contributed by atoms with van der Waals surface area (Å²) >= 11 is 0. The van der Waals surface area contributed by atoms with Gasteiger partial charge in [0, 0.05) is 18.5 Å². The Morgan fingerprint density at radius 3 is 2.95 bits per heavy atom. The van der Waals surface area contributed by atoms with Crippen LogP contribution in [-0.2, 0) is 4.74 Å². The number of ether oxygens (including phenoxy) is 1. The van der Waals surface area contributed by atoms with E-state index in [1.54, 1.807) is 12.3 Å². The van der Waals surface area contributed by atoms with E-state index in [1.165, 1.54) is 49.7 Å². The third-order valence-electron chi connectivity index (χ3n) is 5.31. The van der Waals surface area contributed by atoms with E-state index in [-0.39, 0.29) is 5.97 Å². The Morgan fingerprint density at radius 2 is 2.14 bits per heavy atom. The normalized spacial score (nSPS) is 32.2. The summed E-state index contributed by atoms with van der Waals surface area (Å²) in [6.45, 7) is 3.12. The second-order valence-electron chi connectivity index (χ2n) is 6.71. The molecule has 0 bridgehead atoms. The van der Waals surface area contributed by atoms with E-state index in [4.69, 9.17) is 4.74 Å². The summed E-state index contributed by atoms with van der Waals surface area (Å²) in [6.07, 6.45) is 8.01. The van der Waals surface area contributed by atoms with E-state index in [2.05, 4.69) is 12.0 Å². The van der Waals surface area contributed by atoms with Crippen LogP contribution in [0.3, 0.4) is 0 Å². The highest BCUT2D eigenvalue weighted by Gasteiger charge is 2.43. The van der Waals surface area contributed by atoms with Gasteiger partial charge in [0.25, 0.3) is 0 Å². The van der Waals surface area contributed by atoms with Gasteiger partial charge in [-0.15, -0.1) is 0 Å². The molecule has 0 N–H and O–H groups in total. The number of piperidine rings is 2. The molecule has 1 aromatic heterocycles. The van der Waals surface area contributed by atoms with Crippen molar-refractivity contribution in [3.8, 4) is 0 Å². The maximum atomic E-state index is 12.0. The SMILES string of the molecule is C[N+]12CCCCC1C(COC(=O)c1ccccn1)CCC2. The zero-order chi connectivity index (χ0) is 14.7. The number of hydrogen-bond donors (Lipinski definition) is 0. The molecule has 0 amide bonds. The summed E-state index contributed by atoms with van der Waals surface area (Å²) in [5, 5.41) is 0. The van der Waals surface area contributed by atoms with Crippen molar-refractivity contribution in [3.63, 3.8) is 0 Å². The molecular weight excluding hydrogens is 264 g/mol. The predicted molar refractivity (Wildman–Crippen MR) is 80.8 cm³/mol. The second-order valence-corrected chi connectivity index (χ2v) is 6.71. The quantitative estimate of drug-likeness (QED) is 0.634. The highest BCUT2D eigenvalue weighted by Crippen LogP contribution is 2.36. The van der Waals surface area contributed by atoms with Crippen molar-refractivity contribution in [2.45, 2.75) is 38.1 Å². The monoisotopic (exact) mass is 289 g/mol. The van der Waals surface area contributed by atoms with Crippen LogP contribution in [0.2, 0.25) is 0 Å². The first kappa shape index (κ1) is 14.5. The number of carbonyl (C=O) groups excluding carboxylic acids is 1. The van der Waals surface area contributed by atoms with Crippen LogP contribution in [0.1, 0.15) is 42.6 Å². The fourth-order valence-electron chi connectivity index (χ4n) is 4.17. The third-order valence-corrected chi connectivity index (χ3v) is 5.31. The molecule has 0 radical (unpaired) electrons. The summed E-state index contributed by atoms with van der Waals surface area (Å²) in [6, 6.07) is 6.01. The van der Waals surface area contributed by atoms with Gasteiger partial charge in [-0.25, -0.2) is 9.78 Å². The van der Waals surface area contributed by atoms with E-state index in [0.29, 0.717) is 24.3 Å². The largest absolute Gasteiger partial charge is 0.460 e. The Morgan fingerprint density at radius 1 is 1.29 bits per heavy atom. The smallest absolute Gasteiger partial charge is 0.356 e. The maximum Gasteiger partial charge on any atom is 0.356 e. The van der Waals surface area contributed by atoms with Crippen LogP contribution >= 0.6 is 0 Å². The topological polar surface area (TPSA) is 39.2 Å². The number of quaternary nitrogens is 1. The Balaban J connectivity index is 1.61. The van der Waals surface area contributed by atoms with Gasteiger partial charge >= 0.3 is 5.97 Å². The Bertz CT molecular complexity index is 487. The fourth-order valence-corrected chi connectivity index (χ4v) is 4.17. The van der Waals surface area contributed by atoms with Crippen molar-refractivity contribution in [1.82, 2.24) is 4.98 Å².